The van der Waals surface area contributed by atoms with Crippen LogP contribution in [0.25, 0.3) is 0 Å². The average molecular weight is 445 g/mol. The first kappa shape index (κ1) is 20.8. The molecule has 2 atom stereocenters. The summed E-state index contributed by atoms with van der Waals surface area (Å²) in [6, 6.07) is 10.3. The molecule has 0 radical (unpaired) electrons. The molecule has 2 aromatic rings. The van der Waals surface area contributed by atoms with Gasteiger partial charge < -0.3 is 4.74 Å². The van der Waals surface area contributed by atoms with Crippen LogP contribution in [-0.2, 0) is 20.3 Å². The Morgan fingerprint density at radius 1 is 1.00 bits per heavy atom. The quantitative estimate of drug-likeness (QED) is 0.582. The minimum Gasteiger partial charge on any atom is -0.494 e. The molecule has 148 valence electrons. The van der Waals surface area contributed by atoms with E-state index in [0.29, 0.717) is 0 Å². The highest BCUT2D eigenvalue weighted by molar-refractivity contribution is 7.92. The van der Waals surface area contributed by atoms with E-state index < -0.39 is 26.1 Å². The van der Waals surface area contributed by atoms with Gasteiger partial charge in [-0.05, 0) is 35.4 Å². The predicted molar refractivity (Wildman–Crippen MR) is 107 cm³/mol. The minimum atomic E-state index is -3.99. The first-order valence-corrected chi connectivity index (χ1v) is 10.8. The Balaban J connectivity index is 2.24. The standard InChI is InChI=1S/C20H16Cl2F2O3S/c1-27-18-15(21)10-14(11-16(18)22)19(28(2,25)26)8-9-20(24,17(23)12-19)13-6-4-3-5-7-13/h3-12H,1-2H3. The molecule has 0 aliphatic heterocycles. The molecule has 1 aliphatic rings. The lowest BCUT2D eigenvalue weighted by Crippen LogP contribution is -2.36. The Bertz CT molecular complexity index is 1060. The topological polar surface area (TPSA) is 43.4 Å². The fourth-order valence-corrected chi connectivity index (χ4v) is 5.00. The highest BCUT2D eigenvalue weighted by Gasteiger charge is 2.48. The highest BCUT2D eigenvalue weighted by Crippen LogP contribution is 2.48. The van der Waals surface area contributed by atoms with Crippen molar-refractivity contribution in [2.45, 2.75) is 10.4 Å². The molecule has 3 rings (SSSR count). The molecule has 2 unspecified atom stereocenters. The summed E-state index contributed by atoms with van der Waals surface area (Å²) in [4.78, 5) is 0. The van der Waals surface area contributed by atoms with E-state index in [9.17, 15) is 8.42 Å². The normalized spacial score (nSPS) is 24.7. The van der Waals surface area contributed by atoms with Crippen LogP contribution in [0.1, 0.15) is 11.1 Å². The SMILES string of the molecule is COc1c(Cl)cc(C2(S(C)(=O)=O)C=CC(F)(c3ccccc3)C(F)=C2)cc1Cl. The number of ether oxygens (including phenoxy) is 1. The third-order valence-electron chi connectivity index (χ3n) is 4.71. The van der Waals surface area contributed by atoms with Gasteiger partial charge >= 0.3 is 0 Å². The number of alkyl halides is 1. The van der Waals surface area contributed by atoms with Gasteiger partial charge in [-0.3, -0.25) is 0 Å². The third kappa shape index (κ3) is 3.23. The summed E-state index contributed by atoms with van der Waals surface area (Å²) in [5.41, 5.74) is -2.45. The minimum absolute atomic E-state index is 0.0490. The summed E-state index contributed by atoms with van der Waals surface area (Å²) in [5, 5.41) is 0.103. The summed E-state index contributed by atoms with van der Waals surface area (Å²) in [6.45, 7) is 0. The molecular weight excluding hydrogens is 429 g/mol. The second-order valence-electron chi connectivity index (χ2n) is 6.44. The molecule has 1 aliphatic carbocycles. The predicted octanol–water partition coefficient (Wildman–Crippen LogP) is 5.53. The molecule has 0 spiro atoms. The van der Waals surface area contributed by atoms with Crippen molar-refractivity contribution in [2.75, 3.05) is 13.4 Å². The maximum Gasteiger partial charge on any atom is 0.205 e. The van der Waals surface area contributed by atoms with Crippen molar-refractivity contribution >= 4 is 33.0 Å². The lowest BCUT2D eigenvalue weighted by atomic mass is 9.84. The Morgan fingerprint density at radius 3 is 2.04 bits per heavy atom. The van der Waals surface area contributed by atoms with E-state index in [1.165, 1.54) is 31.4 Å². The lowest BCUT2D eigenvalue weighted by Gasteiger charge is -2.34. The van der Waals surface area contributed by atoms with Gasteiger partial charge in [0, 0.05) is 6.26 Å². The largest absolute Gasteiger partial charge is 0.494 e. The van der Waals surface area contributed by atoms with Crippen molar-refractivity contribution in [3.63, 3.8) is 0 Å². The summed E-state index contributed by atoms with van der Waals surface area (Å²) >= 11 is 12.3. The molecule has 3 nitrogen and oxygen atoms in total. The van der Waals surface area contributed by atoms with Gasteiger partial charge in [0.2, 0.25) is 5.67 Å². The molecule has 0 aromatic heterocycles. The van der Waals surface area contributed by atoms with Crippen molar-refractivity contribution < 1.29 is 21.9 Å². The number of hydrogen-bond acceptors (Lipinski definition) is 3. The Morgan fingerprint density at radius 2 is 1.57 bits per heavy atom. The molecule has 8 heteroatoms. The van der Waals surface area contributed by atoms with Crippen LogP contribution in [0, 0.1) is 0 Å². The van der Waals surface area contributed by atoms with Crippen LogP contribution in [0.2, 0.25) is 10.0 Å². The summed E-state index contributed by atoms with van der Waals surface area (Å²) in [7, 11) is -2.63. The molecule has 0 amide bonds. The molecule has 0 heterocycles. The zero-order valence-electron chi connectivity index (χ0n) is 14.9. The van der Waals surface area contributed by atoms with E-state index in [0.717, 1.165) is 24.5 Å². The van der Waals surface area contributed by atoms with Crippen LogP contribution in [0.5, 0.6) is 5.75 Å². The third-order valence-corrected chi connectivity index (χ3v) is 6.99. The van der Waals surface area contributed by atoms with E-state index in [4.69, 9.17) is 27.9 Å². The van der Waals surface area contributed by atoms with Gasteiger partial charge in [-0.25, -0.2) is 17.2 Å². The first-order valence-electron chi connectivity index (χ1n) is 8.12. The average Bonchev–Trinajstić information content (AvgIpc) is 2.63. The van der Waals surface area contributed by atoms with Gasteiger partial charge in [-0.15, -0.1) is 0 Å². The number of methoxy groups -OCH3 is 1. The van der Waals surface area contributed by atoms with Crippen molar-refractivity contribution in [3.8, 4) is 5.75 Å². The van der Waals surface area contributed by atoms with Crippen molar-refractivity contribution in [1.29, 1.82) is 0 Å². The highest BCUT2D eigenvalue weighted by atomic mass is 35.5. The molecule has 0 saturated carbocycles. The van der Waals surface area contributed by atoms with E-state index in [1.807, 2.05) is 0 Å². The zero-order chi connectivity index (χ0) is 20.7. The van der Waals surface area contributed by atoms with Gasteiger partial charge in [-0.1, -0.05) is 59.6 Å². The van der Waals surface area contributed by atoms with Crippen LogP contribution in [0.15, 0.2) is 66.5 Å². The van der Waals surface area contributed by atoms with E-state index in [1.54, 1.807) is 18.2 Å². The molecule has 0 N–H and O–H groups in total. The maximum absolute atomic E-state index is 15.4. The molecule has 28 heavy (non-hydrogen) atoms. The van der Waals surface area contributed by atoms with Crippen LogP contribution in [0.4, 0.5) is 8.78 Å². The van der Waals surface area contributed by atoms with Crippen molar-refractivity contribution in [3.05, 3.63) is 87.7 Å². The van der Waals surface area contributed by atoms with Gasteiger partial charge in [-0.2, -0.15) is 0 Å². The molecule has 0 bridgehead atoms. The monoisotopic (exact) mass is 444 g/mol. The Kier molecular flexibility index (Phi) is 5.34. The van der Waals surface area contributed by atoms with Gasteiger partial charge in [0.05, 0.1) is 17.2 Å². The van der Waals surface area contributed by atoms with Crippen LogP contribution in [0.3, 0.4) is 0 Å². The fourth-order valence-electron chi connectivity index (χ4n) is 3.18. The molecule has 2 aromatic carbocycles. The molecular formula is C20H16Cl2F2O3S. The Labute approximate surface area is 172 Å². The van der Waals surface area contributed by atoms with Gasteiger partial charge in [0.15, 0.2) is 15.6 Å². The van der Waals surface area contributed by atoms with Crippen LogP contribution < -0.4 is 4.74 Å². The smallest absolute Gasteiger partial charge is 0.205 e. The lowest BCUT2D eigenvalue weighted by molar-refractivity contribution is 0.232. The number of allylic oxidation sites excluding steroid dienone is 2. The van der Waals surface area contributed by atoms with E-state index in [-0.39, 0.29) is 26.9 Å². The second-order valence-corrected chi connectivity index (χ2v) is 9.48. The van der Waals surface area contributed by atoms with Gasteiger partial charge in [0.1, 0.15) is 10.6 Å². The molecule has 0 saturated heterocycles. The molecule has 0 fully saturated rings. The number of rotatable bonds is 4. The maximum atomic E-state index is 15.4. The van der Waals surface area contributed by atoms with Crippen LogP contribution in [-0.4, -0.2) is 21.8 Å². The summed E-state index contributed by atoms with van der Waals surface area (Å²) in [5.74, 6) is -1.08. The van der Waals surface area contributed by atoms with Crippen molar-refractivity contribution in [2.24, 2.45) is 0 Å². The number of halogens is 4. The van der Waals surface area contributed by atoms with Gasteiger partial charge in [0.25, 0.3) is 0 Å². The second kappa shape index (κ2) is 7.17. The number of hydrogen-bond donors (Lipinski definition) is 0. The number of sulfone groups is 1. The zero-order valence-corrected chi connectivity index (χ0v) is 17.2. The first-order chi connectivity index (χ1) is 13.0. The van der Waals surface area contributed by atoms with Crippen molar-refractivity contribution in [1.82, 2.24) is 0 Å². The summed E-state index contributed by atoms with van der Waals surface area (Å²) < 4.78 is 58.9. The Hall–Kier alpha value is -1.89. The van der Waals surface area contributed by atoms with Crippen LogP contribution >= 0.6 is 23.2 Å². The number of benzene rings is 2. The fraction of sp³-hybridized carbons (Fsp3) is 0.200. The van der Waals surface area contributed by atoms with E-state index >= 15 is 8.78 Å². The van der Waals surface area contributed by atoms with E-state index in [2.05, 4.69) is 0 Å². The summed E-state index contributed by atoms with van der Waals surface area (Å²) in [6.07, 6.45) is 3.71.